The third-order valence-corrected chi connectivity index (χ3v) is 2.24. The first-order chi connectivity index (χ1) is 8.16. The number of nitrogens with one attached hydrogen (secondary N) is 1. The van der Waals surface area contributed by atoms with Gasteiger partial charge in [0.25, 0.3) is 5.78 Å². The lowest BCUT2D eigenvalue weighted by atomic mass is 10.4. The fourth-order valence-corrected chi connectivity index (χ4v) is 1.53. The van der Waals surface area contributed by atoms with Gasteiger partial charge in [0.1, 0.15) is 12.1 Å². The van der Waals surface area contributed by atoms with Crippen LogP contribution in [0.25, 0.3) is 5.78 Å². The standard InChI is InChI=1S/C11H17N5O/c1-8(2)17-5-4-12-10-6-9(3)15-11-13-7-14-16(10)11/h6-8,12H,4-5H2,1-3H3. The Hall–Kier alpha value is -1.69. The Morgan fingerprint density at radius 2 is 2.29 bits per heavy atom. The molecule has 2 aromatic heterocycles. The molecule has 0 aliphatic rings. The molecule has 0 amide bonds. The van der Waals surface area contributed by atoms with Gasteiger partial charge in [-0.2, -0.15) is 14.6 Å². The minimum atomic E-state index is 0.252. The van der Waals surface area contributed by atoms with E-state index in [1.165, 1.54) is 6.33 Å². The highest BCUT2D eigenvalue weighted by Gasteiger charge is 2.04. The van der Waals surface area contributed by atoms with Crippen LogP contribution >= 0.6 is 0 Å². The van der Waals surface area contributed by atoms with E-state index in [-0.39, 0.29) is 6.10 Å². The topological polar surface area (TPSA) is 64.3 Å². The van der Waals surface area contributed by atoms with Crippen molar-refractivity contribution in [2.45, 2.75) is 26.9 Å². The molecule has 0 spiro atoms. The van der Waals surface area contributed by atoms with Crippen molar-refractivity contribution in [1.29, 1.82) is 0 Å². The summed E-state index contributed by atoms with van der Waals surface area (Å²) in [6.45, 7) is 7.37. The summed E-state index contributed by atoms with van der Waals surface area (Å²) in [5.41, 5.74) is 0.915. The van der Waals surface area contributed by atoms with Gasteiger partial charge < -0.3 is 10.1 Å². The van der Waals surface area contributed by atoms with Crippen LogP contribution in [0.4, 0.5) is 5.82 Å². The van der Waals surface area contributed by atoms with E-state index in [0.717, 1.165) is 18.1 Å². The van der Waals surface area contributed by atoms with E-state index in [9.17, 15) is 0 Å². The van der Waals surface area contributed by atoms with E-state index >= 15 is 0 Å². The van der Waals surface area contributed by atoms with Gasteiger partial charge in [-0.1, -0.05) is 0 Å². The van der Waals surface area contributed by atoms with Gasteiger partial charge in [-0.25, -0.2) is 4.98 Å². The van der Waals surface area contributed by atoms with E-state index in [1.807, 2.05) is 26.8 Å². The van der Waals surface area contributed by atoms with Crippen LogP contribution in [0.2, 0.25) is 0 Å². The number of nitrogens with zero attached hydrogens (tertiary/aromatic N) is 4. The van der Waals surface area contributed by atoms with Crippen LogP contribution in [0.5, 0.6) is 0 Å². The van der Waals surface area contributed by atoms with Gasteiger partial charge in [0.2, 0.25) is 0 Å². The summed E-state index contributed by atoms with van der Waals surface area (Å²) < 4.78 is 7.15. The van der Waals surface area contributed by atoms with Crippen molar-refractivity contribution in [3.05, 3.63) is 18.1 Å². The lowest BCUT2D eigenvalue weighted by molar-refractivity contribution is 0.0870. The number of aryl methyl sites for hydroxylation is 1. The third-order valence-electron chi connectivity index (χ3n) is 2.24. The number of hydrogen-bond acceptors (Lipinski definition) is 5. The minimum Gasteiger partial charge on any atom is -0.377 e. The smallest absolute Gasteiger partial charge is 0.254 e. The first kappa shape index (κ1) is 11.8. The quantitative estimate of drug-likeness (QED) is 0.791. The van der Waals surface area contributed by atoms with Crippen molar-refractivity contribution in [1.82, 2.24) is 19.6 Å². The maximum Gasteiger partial charge on any atom is 0.254 e. The summed E-state index contributed by atoms with van der Waals surface area (Å²) >= 11 is 0. The maximum absolute atomic E-state index is 5.46. The Kier molecular flexibility index (Phi) is 3.53. The van der Waals surface area contributed by atoms with Gasteiger partial charge in [0.15, 0.2) is 0 Å². The van der Waals surface area contributed by atoms with E-state index < -0.39 is 0 Å². The fourth-order valence-electron chi connectivity index (χ4n) is 1.53. The van der Waals surface area contributed by atoms with E-state index in [2.05, 4.69) is 20.4 Å². The highest BCUT2D eigenvalue weighted by atomic mass is 16.5. The molecule has 0 radical (unpaired) electrons. The molecule has 0 bridgehead atoms. The molecule has 0 fully saturated rings. The molecule has 0 saturated carbocycles. The van der Waals surface area contributed by atoms with Crippen LogP contribution in [0.1, 0.15) is 19.5 Å². The summed E-state index contributed by atoms with van der Waals surface area (Å²) in [4.78, 5) is 8.34. The molecule has 0 aliphatic carbocycles. The van der Waals surface area contributed by atoms with Gasteiger partial charge in [-0.15, -0.1) is 0 Å². The van der Waals surface area contributed by atoms with Crippen molar-refractivity contribution in [2.75, 3.05) is 18.5 Å². The molecule has 1 N–H and O–H groups in total. The monoisotopic (exact) mass is 235 g/mol. The fraction of sp³-hybridized carbons (Fsp3) is 0.545. The Labute approximate surface area is 100 Å². The van der Waals surface area contributed by atoms with E-state index in [1.54, 1.807) is 4.52 Å². The second-order valence-electron chi connectivity index (χ2n) is 4.10. The summed E-state index contributed by atoms with van der Waals surface area (Å²) in [6.07, 6.45) is 1.75. The molecule has 0 aromatic carbocycles. The van der Waals surface area contributed by atoms with Gasteiger partial charge in [-0.05, 0) is 20.8 Å². The Morgan fingerprint density at radius 1 is 1.47 bits per heavy atom. The van der Waals surface area contributed by atoms with Crippen molar-refractivity contribution in [3.8, 4) is 0 Å². The second kappa shape index (κ2) is 5.09. The van der Waals surface area contributed by atoms with Crippen LogP contribution < -0.4 is 5.32 Å². The predicted octanol–water partition coefficient (Wildman–Crippen LogP) is 1.27. The average Bonchev–Trinajstić information content (AvgIpc) is 2.71. The SMILES string of the molecule is Cc1cc(NCCOC(C)C)n2ncnc2n1. The molecule has 92 valence electrons. The normalized spacial score (nSPS) is 11.3. The van der Waals surface area contributed by atoms with Crippen molar-refractivity contribution in [2.24, 2.45) is 0 Å². The average molecular weight is 235 g/mol. The van der Waals surface area contributed by atoms with Crippen molar-refractivity contribution >= 4 is 11.6 Å². The minimum absolute atomic E-state index is 0.252. The first-order valence-electron chi connectivity index (χ1n) is 5.69. The summed E-state index contributed by atoms with van der Waals surface area (Å²) in [5, 5.41) is 7.38. The van der Waals surface area contributed by atoms with Gasteiger partial charge in [0, 0.05) is 18.3 Å². The molecule has 2 aromatic rings. The van der Waals surface area contributed by atoms with Crippen LogP contribution in [0.3, 0.4) is 0 Å². The molecule has 0 atom stereocenters. The number of rotatable bonds is 5. The number of hydrogen-bond donors (Lipinski definition) is 1. The lowest BCUT2D eigenvalue weighted by Gasteiger charge is -2.10. The molecular weight excluding hydrogens is 218 g/mol. The molecule has 0 saturated heterocycles. The van der Waals surface area contributed by atoms with Crippen molar-refractivity contribution in [3.63, 3.8) is 0 Å². The van der Waals surface area contributed by atoms with Gasteiger partial charge in [0.05, 0.1) is 12.7 Å². The third kappa shape index (κ3) is 2.91. The molecule has 0 aliphatic heterocycles. The molecule has 0 unspecified atom stereocenters. The summed E-state index contributed by atoms with van der Waals surface area (Å²) in [5.74, 6) is 1.50. The second-order valence-corrected chi connectivity index (χ2v) is 4.10. The zero-order chi connectivity index (χ0) is 12.3. The van der Waals surface area contributed by atoms with Crippen LogP contribution in [-0.2, 0) is 4.74 Å². The lowest BCUT2D eigenvalue weighted by Crippen LogP contribution is -2.15. The summed E-state index contributed by atoms with van der Waals surface area (Å²) in [6, 6.07) is 1.94. The van der Waals surface area contributed by atoms with Crippen LogP contribution in [0, 0.1) is 6.92 Å². The largest absolute Gasteiger partial charge is 0.377 e. The zero-order valence-corrected chi connectivity index (χ0v) is 10.3. The van der Waals surface area contributed by atoms with Crippen molar-refractivity contribution < 1.29 is 4.74 Å². The molecule has 6 nitrogen and oxygen atoms in total. The Balaban J connectivity index is 2.04. The highest BCUT2D eigenvalue weighted by Crippen LogP contribution is 2.09. The molecular formula is C11H17N5O. The zero-order valence-electron chi connectivity index (χ0n) is 10.3. The molecule has 2 rings (SSSR count). The van der Waals surface area contributed by atoms with E-state index in [0.29, 0.717) is 12.4 Å². The van der Waals surface area contributed by atoms with Gasteiger partial charge in [-0.3, -0.25) is 0 Å². The Morgan fingerprint density at radius 3 is 3.06 bits per heavy atom. The number of ether oxygens (including phenoxy) is 1. The number of aromatic nitrogens is 4. The van der Waals surface area contributed by atoms with E-state index in [4.69, 9.17) is 4.74 Å². The number of fused-ring (bicyclic) bond motifs is 1. The molecule has 2 heterocycles. The molecule has 6 heteroatoms. The van der Waals surface area contributed by atoms with Gasteiger partial charge >= 0.3 is 0 Å². The van der Waals surface area contributed by atoms with Crippen LogP contribution in [0.15, 0.2) is 12.4 Å². The first-order valence-corrected chi connectivity index (χ1v) is 5.69. The molecule has 17 heavy (non-hydrogen) atoms. The maximum atomic E-state index is 5.46. The summed E-state index contributed by atoms with van der Waals surface area (Å²) in [7, 11) is 0. The predicted molar refractivity (Wildman–Crippen MR) is 65.1 cm³/mol. The number of anilines is 1. The van der Waals surface area contributed by atoms with Crippen LogP contribution in [-0.4, -0.2) is 38.8 Å². The highest BCUT2D eigenvalue weighted by molar-refractivity contribution is 5.44. The Bertz CT molecular complexity index is 494.